The van der Waals surface area contributed by atoms with Crippen LogP contribution in [0.4, 0.5) is 10.1 Å². The topological polar surface area (TPSA) is 61.7 Å². The van der Waals surface area contributed by atoms with E-state index in [0.717, 1.165) is 17.8 Å². The lowest BCUT2D eigenvalue weighted by molar-refractivity contribution is -0.115. The van der Waals surface area contributed by atoms with Gasteiger partial charge in [0.25, 0.3) is 5.91 Å². The SMILES string of the molecule is O=C1NC(=Nc2ccccc2Cl)S/C1=C/c1ccc(O)c(F)c1. The normalized spacial score (nSPS) is 17.7. The molecule has 0 radical (unpaired) electrons. The fraction of sp³-hybridized carbons (Fsp3) is 0. The van der Waals surface area contributed by atoms with E-state index in [4.69, 9.17) is 11.6 Å². The number of carbonyl (C=O) groups is 1. The predicted octanol–water partition coefficient (Wildman–Crippen LogP) is 4.08. The van der Waals surface area contributed by atoms with Crippen molar-refractivity contribution in [2.45, 2.75) is 0 Å². The molecule has 116 valence electrons. The van der Waals surface area contributed by atoms with Gasteiger partial charge in [-0.15, -0.1) is 0 Å². The zero-order valence-corrected chi connectivity index (χ0v) is 13.2. The van der Waals surface area contributed by atoms with E-state index in [9.17, 15) is 14.3 Å². The number of amides is 1. The Hall–Kier alpha value is -2.31. The van der Waals surface area contributed by atoms with Crippen molar-refractivity contribution in [1.82, 2.24) is 5.32 Å². The van der Waals surface area contributed by atoms with E-state index in [2.05, 4.69) is 10.3 Å². The van der Waals surface area contributed by atoms with Crippen molar-refractivity contribution in [3.8, 4) is 5.75 Å². The van der Waals surface area contributed by atoms with E-state index in [1.807, 2.05) is 0 Å². The summed E-state index contributed by atoms with van der Waals surface area (Å²) in [6.07, 6.45) is 1.53. The number of amidine groups is 1. The number of thioether (sulfide) groups is 1. The standard InChI is InChI=1S/C16H10ClFN2O2S/c17-10-3-1-2-4-12(10)19-16-20-15(22)14(23-16)8-9-5-6-13(21)11(18)7-9/h1-8,21H,(H,19,20,22)/b14-8+. The van der Waals surface area contributed by atoms with Crippen molar-refractivity contribution in [3.05, 3.63) is 63.8 Å². The number of hydrogen-bond acceptors (Lipinski definition) is 4. The van der Waals surface area contributed by atoms with Crippen LogP contribution in [0, 0.1) is 5.82 Å². The monoisotopic (exact) mass is 348 g/mol. The van der Waals surface area contributed by atoms with Crippen LogP contribution in [0.3, 0.4) is 0 Å². The molecule has 1 heterocycles. The first kappa shape index (κ1) is 15.6. The Morgan fingerprint density at radius 1 is 1.26 bits per heavy atom. The van der Waals surface area contributed by atoms with Crippen molar-refractivity contribution in [1.29, 1.82) is 0 Å². The third-order valence-electron chi connectivity index (χ3n) is 2.99. The lowest BCUT2D eigenvalue weighted by Gasteiger charge is -1.98. The first-order chi connectivity index (χ1) is 11.0. The van der Waals surface area contributed by atoms with E-state index < -0.39 is 11.6 Å². The highest BCUT2D eigenvalue weighted by molar-refractivity contribution is 8.18. The van der Waals surface area contributed by atoms with Crippen molar-refractivity contribution < 1.29 is 14.3 Å². The molecule has 0 bridgehead atoms. The van der Waals surface area contributed by atoms with Crippen LogP contribution >= 0.6 is 23.4 Å². The van der Waals surface area contributed by atoms with E-state index in [-0.39, 0.29) is 5.91 Å². The number of hydrogen-bond donors (Lipinski definition) is 2. The minimum atomic E-state index is -0.743. The number of phenols is 1. The minimum Gasteiger partial charge on any atom is -0.505 e. The van der Waals surface area contributed by atoms with Gasteiger partial charge >= 0.3 is 0 Å². The first-order valence-corrected chi connectivity index (χ1v) is 7.75. The molecule has 7 heteroatoms. The lowest BCUT2D eigenvalue weighted by Crippen LogP contribution is -2.19. The third kappa shape index (κ3) is 3.55. The molecule has 0 aromatic heterocycles. The molecule has 2 aromatic carbocycles. The summed E-state index contributed by atoms with van der Waals surface area (Å²) < 4.78 is 13.3. The van der Waals surface area contributed by atoms with E-state index >= 15 is 0 Å². The van der Waals surface area contributed by atoms with Gasteiger partial charge < -0.3 is 10.4 Å². The van der Waals surface area contributed by atoms with Gasteiger partial charge in [0, 0.05) is 0 Å². The van der Waals surface area contributed by atoms with Gasteiger partial charge in [-0.2, -0.15) is 0 Å². The fourth-order valence-corrected chi connectivity index (χ4v) is 2.91. The smallest absolute Gasteiger partial charge is 0.264 e. The first-order valence-electron chi connectivity index (χ1n) is 6.55. The van der Waals surface area contributed by atoms with Crippen LogP contribution in [0.25, 0.3) is 6.08 Å². The highest BCUT2D eigenvalue weighted by Crippen LogP contribution is 2.31. The van der Waals surface area contributed by atoms with Crippen molar-refractivity contribution in [2.24, 2.45) is 4.99 Å². The molecule has 0 spiro atoms. The molecule has 0 unspecified atom stereocenters. The summed E-state index contributed by atoms with van der Waals surface area (Å²) in [6.45, 7) is 0. The molecule has 0 aliphatic carbocycles. The zero-order chi connectivity index (χ0) is 16.4. The summed E-state index contributed by atoms with van der Waals surface area (Å²) in [6, 6.07) is 10.9. The molecule has 0 saturated carbocycles. The molecule has 1 fully saturated rings. The van der Waals surface area contributed by atoms with Gasteiger partial charge in [-0.25, -0.2) is 9.38 Å². The largest absolute Gasteiger partial charge is 0.505 e. The Balaban J connectivity index is 1.86. The van der Waals surface area contributed by atoms with Gasteiger partial charge in [-0.3, -0.25) is 4.79 Å². The molecule has 1 saturated heterocycles. The van der Waals surface area contributed by atoms with Crippen LogP contribution in [0.1, 0.15) is 5.56 Å². The highest BCUT2D eigenvalue weighted by Gasteiger charge is 2.24. The predicted molar refractivity (Wildman–Crippen MR) is 90.3 cm³/mol. The number of rotatable bonds is 2. The van der Waals surface area contributed by atoms with E-state index in [1.54, 1.807) is 24.3 Å². The molecule has 1 aliphatic heterocycles. The number of halogens is 2. The number of nitrogens with one attached hydrogen (secondary N) is 1. The highest BCUT2D eigenvalue weighted by atomic mass is 35.5. The second kappa shape index (κ2) is 6.44. The van der Waals surface area contributed by atoms with Crippen LogP contribution in [-0.2, 0) is 4.79 Å². The molecule has 1 amide bonds. The zero-order valence-electron chi connectivity index (χ0n) is 11.6. The summed E-state index contributed by atoms with van der Waals surface area (Å²) in [5, 5.41) is 12.7. The molecule has 1 aliphatic rings. The Morgan fingerprint density at radius 3 is 2.78 bits per heavy atom. The minimum absolute atomic E-state index is 0.325. The van der Waals surface area contributed by atoms with Crippen LogP contribution in [0.5, 0.6) is 5.75 Å². The average molecular weight is 349 g/mol. The Kier molecular flexibility index (Phi) is 4.36. The van der Waals surface area contributed by atoms with E-state index in [1.165, 1.54) is 18.2 Å². The van der Waals surface area contributed by atoms with Gasteiger partial charge in [0.1, 0.15) is 0 Å². The third-order valence-corrected chi connectivity index (χ3v) is 4.22. The van der Waals surface area contributed by atoms with Gasteiger partial charge in [-0.1, -0.05) is 29.8 Å². The van der Waals surface area contributed by atoms with Crippen molar-refractivity contribution >= 4 is 46.2 Å². The Bertz CT molecular complexity index is 852. The summed E-state index contributed by atoms with van der Waals surface area (Å²) in [5.74, 6) is -1.50. The summed E-state index contributed by atoms with van der Waals surface area (Å²) in [7, 11) is 0. The maximum absolute atomic E-state index is 13.3. The number of benzene rings is 2. The van der Waals surface area contributed by atoms with E-state index in [0.29, 0.717) is 26.3 Å². The Morgan fingerprint density at radius 2 is 2.04 bits per heavy atom. The number of nitrogens with zero attached hydrogens (tertiary/aromatic N) is 1. The van der Waals surface area contributed by atoms with Crippen molar-refractivity contribution in [3.63, 3.8) is 0 Å². The van der Waals surface area contributed by atoms with Crippen LogP contribution < -0.4 is 5.32 Å². The van der Waals surface area contributed by atoms with Crippen molar-refractivity contribution in [2.75, 3.05) is 0 Å². The van der Waals surface area contributed by atoms with Gasteiger partial charge in [0.2, 0.25) is 0 Å². The molecule has 2 aromatic rings. The molecule has 4 nitrogen and oxygen atoms in total. The molecule has 2 N–H and O–H groups in total. The van der Waals surface area contributed by atoms with Gasteiger partial charge in [0.05, 0.1) is 15.6 Å². The maximum atomic E-state index is 13.3. The number of para-hydroxylation sites is 1. The number of aliphatic imine (C=N–C) groups is 1. The van der Waals surface area contributed by atoms with Crippen LogP contribution in [0.15, 0.2) is 52.4 Å². The molecular formula is C16H10ClFN2O2S. The maximum Gasteiger partial charge on any atom is 0.264 e. The number of aromatic hydroxyl groups is 1. The second-order valence-electron chi connectivity index (χ2n) is 4.64. The average Bonchev–Trinajstić information content (AvgIpc) is 2.85. The second-order valence-corrected chi connectivity index (χ2v) is 6.08. The quantitative estimate of drug-likeness (QED) is 0.804. The molecule has 3 rings (SSSR count). The molecule has 23 heavy (non-hydrogen) atoms. The van der Waals surface area contributed by atoms with Crippen LogP contribution in [-0.4, -0.2) is 16.2 Å². The van der Waals surface area contributed by atoms with Crippen LogP contribution in [0.2, 0.25) is 5.02 Å². The Labute approximate surface area is 140 Å². The number of carbonyl (C=O) groups excluding carboxylic acids is 1. The summed E-state index contributed by atoms with van der Waals surface area (Å²) in [4.78, 5) is 16.6. The number of phenolic OH excluding ortho intramolecular Hbond substituents is 1. The summed E-state index contributed by atoms with van der Waals surface area (Å²) in [5.41, 5.74) is 1.02. The molecular weight excluding hydrogens is 339 g/mol. The molecule has 0 atom stereocenters. The van der Waals surface area contributed by atoms with Gasteiger partial charge in [-0.05, 0) is 47.7 Å². The van der Waals surface area contributed by atoms with Gasteiger partial charge in [0.15, 0.2) is 16.7 Å². The lowest BCUT2D eigenvalue weighted by atomic mass is 10.2. The summed E-state index contributed by atoms with van der Waals surface area (Å²) >= 11 is 7.16. The fourth-order valence-electron chi connectivity index (χ4n) is 1.90.